The average Bonchev–Trinajstić information content (AvgIpc) is 2.80. The Balaban J connectivity index is 1.87. The lowest BCUT2D eigenvalue weighted by molar-refractivity contribution is 0.0695. The molecule has 0 spiro atoms. The fraction of sp³-hybridized carbons (Fsp3) is 0.438. The number of rotatable bonds is 4. The van der Waals surface area contributed by atoms with Crippen LogP contribution in [0.1, 0.15) is 38.6 Å². The normalized spacial score (nSPS) is 15.0. The molecule has 0 saturated heterocycles. The first-order chi connectivity index (χ1) is 12.1. The van der Waals surface area contributed by atoms with E-state index in [4.69, 9.17) is 0 Å². The van der Waals surface area contributed by atoms with E-state index in [1.165, 1.54) is 0 Å². The van der Waals surface area contributed by atoms with Crippen molar-refractivity contribution in [2.45, 2.75) is 38.5 Å². The molecule has 0 amide bonds. The number of hydrogen-bond acceptors (Lipinski definition) is 6. The van der Waals surface area contributed by atoms with Gasteiger partial charge < -0.3 is 10.1 Å². The molecule has 0 radical (unpaired) electrons. The molecule has 0 bridgehead atoms. The smallest absolute Gasteiger partial charge is 0.337 e. The zero-order valence-electron chi connectivity index (χ0n) is 14.7. The molecule has 2 aromatic rings. The highest BCUT2D eigenvalue weighted by atomic mass is 32.2. The van der Waals surface area contributed by atoms with Crippen molar-refractivity contribution in [1.29, 1.82) is 0 Å². The molecule has 0 atom stereocenters. The van der Waals surface area contributed by atoms with Crippen molar-refractivity contribution in [3.63, 3.8) is 0 Å². The molecule has 2 aromatic heterocycles. The number of sulfone groups is 1. The summed E-state index contributed by atoms with van der Waals surface area (Å²) < 4.78 is 23.2. The number of H-pyrrole nitrogens is 2. The van der Waals surface area contributed by atoms with E-state index in [-0.39, 0.29) is 10.7 Å². The lowest BCUT2D eigenvalue weighted by Crippen LogP contribution is -2.36. The van der Waals surface area contributed by atoms with E-state index in [0.29, 0.717) is 48.6 Å². The van der Waals surface area contributed by atoms with Crippen LogP contribution in [0.25, 0.3) is 0 Å². The van der Waals surface area contributed by atoms with E-state index in [0.717, 1.165) is 11.9 Å². The summed E-state index contributed by atoms with van der Waals surface area (Å²) >= 11 is 0. The first-order valence-corrected chi connectivity index (χ1v) is 9.93. The van der Waals surface area contributed by atoms with E-state index in [1.54, 1.807) is 13.8 Å². The Morgan fingerprint density at radius 1 is 1.31 bits per heavy atom. The zero-order valence-corrected chi connectivity index (χ0v) is 15.5. The predicted molar refractivity (Wildman–Crippen MR) is 93.0 cm³/mol. The summed E-state index contributed by atoms with van der Waals surface area (Å²) in [6.07, 6.45) is 1.45. The van der Waals surface area contributed by atoms with Gasteiger partial charge in [0.25, 0.3) is 5.56 Å². The maximum absolute atomic E-state index is 12.3. The summed E-state index contributed by atoms with van der Waals surface area (Å²) in [7, 11) is -3.58. The fourth-order valence-electron chi connectivity index (χ4n) is 3.29. The highest BCUT2D eigenvalue weighted by molar-refractivity contribution is 7.90. The van der Waals surface area contributed by atoms with Gasteiger partial charge >= 0.3 is 5.97 Å². The van der Waals surface area contributed by atoms with Crippen LogP contribution in [0, 0.1) is 13.8 Å². The highest BCUT2D eigenvalue weighted by Crippen LogP contribution is 2.22. The van der Waals surface area contributed by atoms with Crippen molar-refractivity contribution in [3.05, 3.63) is 44.1 Å². The molecule has 1 aliphatic heterocycles. The summed E-state index contributed by atoms with van der Waals surface area (Å²) in [4.78, 5) is 35.1. The van der Waals surface area contributed by atoms with Crippen molar-refractivity contribution in [3.8, 4) is 0 Å². The van der Waals surface area contributed by atoms with Crippen LogP contribution in [0.4, 0.5) is 0 Å². The summed E-state index contributed by atoms with van der Waals surface area (Å²) in [5.74, 6) is -0.972. The second kappa shape index (κ2) is 6.36. The van der Waals surface area contributed by atoms with E-state index in [9.17, 15) is 23.1 Å². The molecule has 1 aliphatic rings. The van der Waals surface area contributed by atoms with Gasteiger partial charge in [-0.15, -0.1) is 0 Å². The van der Waals surface area contributed by atoms with Gasteiger partial charge in [-0.3, -0.25) is 14.7 Å². The number of carboxylic acid groups (broad SMARTS) is 1. The summed E-state index contributed by atoms with van der Waals surface area (Å²) in [5, 5.41) is 8.98. The Morgan fingerprint density at radius 2 is 2.00 bits per heavy atom. The number of fused-ring (bicyclic) bond motifs is 1. The third-order valence-electron chi connectivity index (χ3n) is 4.61. The van der Waals surface area contributed by atoms with Crippen molar-refractivity contribution >= 4 is 15.8 Å². The Labute approximate surface area is 150 Å². The Morgan fingerprint density at radius 3 is 2.58 bits per heavy atom. The number of aromatic amines is 2. The second-order valence-electron chi connectivity index (χ2n) is 6.56. The molecule has 0 fully saturated rings. The van der Waals surface area contributed by atoms with E-state index < -0.39 is 21.4 Å². The molecular weight excluding hydrogens is 360 g/mol. The van der Waals surface area contributed by atoms with Crippen LogP contribution in [0.5, 0.6) is 0 Å². The number of carbonyl (C=O) groups is 1. The van der Waals surface area contributed by atoms with Gasteiger partial charge in [0, 0.05) is 43.7 Å². The zero-order chi connectivity index (χ0) is 19.2. The summed E-state index contributed by atoms with van der Waals surface area (Å²) in [5.41, 5.74) is 2.83. The average molecular weight is 380 g/mol. The number of hydrogen-bond donors (Lipinski definition) is 3. The maximum atomic E-state index is 12.3. The maximum Gasteiger partial charge on any atom is 0.337 e. The van der Waals surface area contributed by atoms with Crippen molar-refractivity contribution in [1.82, 2.24) is 19.9 Å². The topological polar surface area (TPSA) is 136 Å². The molecule has 0 saturated carbocycles. The summed E-state index contributed by atoms with van der Waals surface area (Å²) in [6, 6.07) is 0. The molecule has 3 heterocycles. The van der Waals surface area contributed by atoms with Crippen LogP contribution in [-0.2, 0) is 29.3 Å². The predicted octanol–water partition coefficient (Wildman–Crippen LogP) is 0.375. The highest BCUT2D eigenvalue weighted by Gasteiger charge is 2.25. The lowest BCUT2D eigenvalue weighted by atomic mass is 10.1. The number of nitrogens with one attached hydrogen (secondary N) is 2. The Bertz CT molecular complexity index is 1050. The van der Waals surface area contributed by atoms with Gasteiger partial charge in [-0.2, -0.15) is 0 Å². The van der Waals surface area contributed by atoms with Crippen molar-refractivity contribution in [2.24, 2.45) is 0 Å². The standard InChI is InChI=1S/C16H20N4O5S/c1-8-12(17-9(2)13(8)15(22)23)7-20-5-4-11-10(6-20)14(21)19-16(18-11)26(3,24)25/h17H,4-7H2,1-3H3,(H,22,23)(H,18,19,21). The van der Waals surface area contributed by atoms with Gasteiger partial charge in [0.05, 0.1) is 16.8 Å². The molecule has 140 valence electrons. The molecule has 9 nitrogen and oxygen atoms in total. The van der Waals surface area contributed by atoms with E-state index >= 15 is 0 Å². The lowest BCUT2D eigenvalue weighted by Gasteiger charge is -2.27. The number of nitrogens with zero attached hydrogens (tertiary/aromatic N) is 2. The largest absolute Gasteiger partial charge is 0.478 e. The monoisotopic (exact) mass is 380 g/mol. The van der Waals surface area contributed by atoms with Crippen LogP contribution in [-0.4, -0.2) is 52.1 Å². The minimum absolute atomic E-state index is 0.273. The van der Waals surface area contributed by atoms with E-state index in [2.05, 4.69) is 15.0 Å². The second-order valence-corrected chi connectivity index (χ2v) is 8.49. The molecular formula is C16H20N4O5S. The van der Waals surface area contributed by atoms with Crippen LogP contribution < -0.4 is 5.56 Å². The molecule has 0 unspecified atom stereocenters. The third kappa shape index (κ3) is 3.29. The third-order valence-corrected chi connectivity index (χ3v) is 5.51. The minimum Gasteiger partial charge on any atom is -0.478 e. The number of aryl methyl sites for hydroxylation is 1. The van der Waals surface area contributed by atoms with Crippen LogP contribution in [0.3, 0.4) is 0 Å². The van der Waals surface area contributed by atoms with Gasteiger partial charge in [0.2, 0.25) is 15.0 Å². The van der Waals surface area contributed by atoms with Crippen LogP contribution >= 0.6 is 0 Å². The first-order valence-electron chi connectivity index (χ1n) is 8.03. The Hall–Kier alpha value is -2.46. The SMILES string of the molecule is Cc1[nH]c(CN2CCc3nc(S(C)(=O)=O)[nH]c(=O)c3C2)c(C)c1C(=O)O. The van der Waals surface area contributed by atoms with Gasteiger partial charge in [-0.25, -0.2) is 18.2 Å². The molecule has 10 heteroatoms. The van der Waals surface area contributed by atoms with E-state index in [1.807, 2.05) is 4.90 Å². The molecule has 0 aromatic carbocycles. The molecule has 3 rings (SSSR count). The van der Waals surface area contributed by atoms with Crippen molar-refractivity contribution < 1.29 is 18.3 Å². The summed E-state index contributed by atoms with van der Waals surface area (Å²) in [6.45, 7) is 4.85. The quantitative estimate of drug-likeness (QED) is 0.652. The molecule has 3 N–H and O–H groups in total. The van der Waals surface area contributed by atoms with Gasteiger partial charge in [0.15, 0.2) is 0 Å². The van der Waals surface area contributed by atoms with Gasteiger partial charge in [-0.05, 0) is 19.4 Å². The number of aromatic nitrogens is 3. The fourth-order valence-corrected chi connectivity index (χ4v) is 3.84. The Kier molecular flexibility index (Phi) is 4.49. The van der Waals surface area contributed by atoms with Gasteiger partial charge in [-0.1, -0.05) is 0 Å². The minimum atomic E-state index is -3.58. The van der Waals surface area contributed by atoms with Crippen LogP contribution in [0.2, 0.25) is 0 Å². The first kappa shape index (κ1) is 18.3. The van der Waals surface area contributed by atoms with Crippen molar-refractivity contribution in [2.75, 3.05) is 12.8 Å². The number of carboxylic acids is 1. The number of aromatic carboxylic acids is 1. The van der Waals surface area contributed by atoms with Gasteiger partial charge in [0.1, 0.15) is 0 Å². The molecule has 0 aliphatic carbocycles. The molecule has 26 heavy (non-hydrogen) atoms. The van der Waals surface area contributed by atoms with Crippen LogP contribution in [0.15, 0.2) is 9.95 Å².